The molecule has 1 rings (SSSR count). The fourth-order valence-electron chi connectivity index (χ4n) is 1.74. The highest BCUT2D eigenvalue weighted by Crippen LogP contribution is 2.17. The summed E-state index contributed by atoms with van der Waals surface area (Å²) in [5.41, 5.74) is 0.786. The van der Waals surface area contributed by atoms with Gasteiger partial charge >= 0.3 is 0 Å². The standard InChI is InChI=1S/C12H19NO/c1-3-4-5-7-11(2)13-9-6-8-12(13)10-14/h6,8-11H,3-5,7H2,1-2H3. The third-order valence-electron chi connectivity index (χ3n) is 2.63. The number of unbranched alkanes of at least 4 members (excludes halogenated alkanes) is 2. The molecule has 0 aromatic carbocycles. The van der Waals surface area contributed by atoms with Gasteiger partial charge in [0.25, 0.3) is 0 Å². The Bertz CT molecular complexity index is 278. The lowest BCUT2D eigenvalue weighted by molar-refractivity contribution is 0.111. The SMILES string of the molecule is CCCCCC(C)n1cccc1C=O. The van der Waals surface area contributed by atoms with Crippen molar-refractivity contribution in [3.63, 3.8) is 0 Å². The van der Waals surface area contributed by atoms with E-state index in [1.165, 1.54) is 19.3 Å². The van der Waals surface area contributed by atoms with Crippen molar-refractivity contribution in [1.82, 2.24) is 4.57 Å². The van der Waals surface area contributed by atoms with Gasteiger partial charge in [-0.15, -0.1) is 0 Å². The average Bonchev–Trinajstić information content (AvgIpc) is 2.65. The van der Waals surface area contributed by atoms with Crippen molar-refractivity contribution in [2.24, 2.45) is 0 Å². The van der Waals surface area contributed by atoms with E-state index in [0.717, 1.165) is 18.4 Å². The van der Waals surface area contributed by atoms with E-state index in [-0.39, 0.29) is 0 Å². The molecule has 0 aliphatic rings. The van der Waals surface area contributed by atoms with Crippen molar-refractivity contribution in [2.75, 3.05) is 0 Å². The van der Waals surface area contributed by atoms with E-state index in [0.29, 0.717) is 6.04 Å². The number of aldehydes is 1. The predicted molar refractivity (Wildman–Crippen MR) is 58.7 cm³/mol. The van der Waals surface area contributed by atoms with Crippen LogP contribution in [0.4, 0.5) is 0 Å². The van der Waals surface area contributed by atoms with E-state index in [9.17, 15) is 4.79 Å². The maximum absolute atomic E-state index is 10.7. The normalized spacial score (nSPS) is 12.7. The van der Waals surface area contributed by atoms with Crippen molar-refractivity contribution in [1.29, 1.82) is 0 Å². The summed E-state index contributed by atoms with van der Waals surface area (Å²) in [4.78, 5) is 10.7. The second-order valence-corrected chi connectivity index (χ2v) is 3.80. The minimum absolute atomic E-state index is 0.441. The number of aromatic nitrogens is 1. The van der Waals surface area contributed by atoms with E-state index in [2.05, 4.69) is 18.4 Å². The Morgan fingerprint density at radius 3 is 2.93 bits per heavy atom. The molecule has 0 saturated carbocycles. The number of carbonyl (C=O) groups excluding carboxylic acids is 1. The maximum Gasteiger partial charge on any atom is 0.166 e. The predicted octanol–water partition coefficient (Wildman–Crippen LogP) is 3.44. The molecule has 1 heterocycles. The molecule has 1 atom stereocenters. The van der Waals surface area contributed by atoms with Gasteiger partial charge in [0, 0.05) is 12.2 Å². The van der Waals surface area contributed by atoms with Gasteiger partial charge < -0.3 is 4.57 Å². The smallest absolute Gasteiger partial charge is 0.166 e. The van der Waals surface area contributed by atoms with Crippen molar-refractivity contribution in [3.8, 4) is 0 Å². The van der Waals surface area contributed by atoms with E-state index >= 15 is 0 Å². The Labute approximate surface area is 85.9 Å². The lowest BCUT2D eigenvalue weighted by Gasteiger charge is -2.14. The molecular weight excluding hydrogens is 174 g/mol. The van der Waals surface area contributed by atoms with Gasteiger partial charge in [-0.25, -0.2) is 0 Å². The third kappa shape index (κ3) is 2.72. The van der Waals surface area contributed by atoms with Crippen LogP contribution in [0, 0.1) is 0 Å². The van der Waals surface area contributed by atoms with Crippen LogP contribution in [-0.2, 0) is 0 Å². The molecule has 0 fully saturated rings. The molecule has 1 aromatic rings. The van der Waals surface area contributed by atoms with E-state index < -0.39 is 0 Å². The number of carbonyl (C=O) groups is 1. The van der Waals surface area contributed by atoms with Gasteiger partial charge in [0.1, 0.15) is 0 Å². The summed E-state index contributed by atoms with van der Waals surface area (Å²) in [6, 6.07) is 4.24. The highest BCUT2D eigenvalue weighted by Gasteiger charge is 2.06. The molecule has 1 aromatic heterocycles. The van der Waals surface area contributed by atoms with Gasteiger partial charge in [-0.05, 0) is 25.5 Å². The molecule has 78 valence electrons. The van der Waals surface area contributed by atoms with E-state index in [1.54, 1.807) is 0 Å². The van der Waals surface area contributed by atoms with Crippen LogP contribution in [0.15, 0.2) is 18.3 Å². The van der Waals surface area contributed by atoms with Crippen molar-refractivity contribution < 1.29 is 4.79 Å². The zero-order valence-corrected chi connectivity index (χ0v) is 9.07. The van der Waals surface area contributed by atoms with Crippen LogP contribution < -0.4 is 0 Å². The second kappa shape index (κ2) is 5.63. The molecule has 1 unspecified atom stereocenters. The summed E-state index contributed by atoms with van der Waals surface area (Å²) in [6.45, 7) is 4.37. The molecule has 0 aliphatic heterocycles. The van der Waals surface area contributed by atoms with Gasteiger partial charge in [0.05, 0.1) is 5.69 Å². The molecule has 14 heavy (non-hydrogen) atoms. The highest BCUT2D eigenvalue weighted by atomic mass is 16.1. The Kier molecular flexibility index (Phi) is 4.44. The largest absolute Gasteiger partial charge is 0.343 e. The summed E-state index contributed by atoms with van der Waals surface area (Å²) >= 11 is 0. The average molecular weight is 193 g/mol. The Hall–Kier alpha value is -1.05. The van der Waals surface area contributed by atoms with Gasteiger partial charge in [-0.2, -0.15) is 0 Å². The van der Waals surface area contributed by atoms with E-state index in [4.69, 9.17) is 0 Å². The van der Waals surface area contributed by atoms with Gasteiger partial charge in [-0.3, -0.25) is 4.79 Å². The lowest BCUT2D eigenvalue weighted by atomic mass is 10.1. The highest BCUT2D eigenvalue weighted by molar-refractivity contribution is 5.72. The second-order valence-electron chi connectivity index (χ2n) is 3.80. The first-order chi connectivity index (χ1) is 6.79. The number of rotatable bonds is 6. The molecule has 0 spiro atoms. The van der Waals surface area contributed by atoms with Crippen LogP contribution >= 0.6 is 0 Å². The van der Waals surface area contributed by atoms with Gasteiger partial charge in [-0.1, -0.05) is 26.2 Å². The van der Waals surface area contributed by atoms with Crippen molar-refractivity contribution >= 4 is 6.29 Å². The zero-order chi connectivity index (χ0) is 10.4. The molecule has 0 radical (unpaired) electrons. The Morgan fingerprint density at radius 2 is 2.29 bits per heavy atom. The molecule has 0 amide bonds. The van der Waals surface area contributed by atoms with Crippen molar-refractivity contribution in [3.05, 3.63) is 24.0 Å². The molecule has 2 nitrogen and oxygen atoms in total. The summed E-state index contributed by atoms with van der Waals surface area (Å²) in [7, 11) is 0. The van der Waals surface area contributed by atoms with Crippen LogP contribution in [0.3, 0.4) is 0 Å². The maximum atomic E-state index is 10.7. The van der Waals surface area contributed by atoms with Crippen LogP contribution in [-0.4, -0.2) is 10.9 Å². The van der Waals surface area contributed by atoms with Gasteiger partial charge in [0.15, 0.2) is 6.29 Å². The first kappa shape index (κ1) is 11.0. The molecule has 0 N–H and O–H groups in total. The first-order valence-electron chi connectivity index (χ1n) is 5.41. The number of nitrogens with zero attached hydrogens (tertiary/aromatic N) is 1. The molecular formula is C12H19NO. The Balaban J connectivity index is 2.51. The monoisotopic (exact) mass is 193 g/mol. The molecule has 0 saturated heterocycles. The number of hydrogen-bond donors (Lipinski definition) is 0. The third-order valence-corrected chi connectivity index (χ3v) is 2.63. The topological polar surface area (TPSA) is 22.0 Å². The zero-order valence-electron chi connectivity index (χ0n) is 9.07. The van der Waals surface area contributed by atoms with E-state index in [1.807, 2.05) is 18.3 Å². The molecule has 0 aliphatic carbocycles. The molecule has 2 heteroatoms. The quantitative estimate of drug-likeness (QED) is 0.501. The first-order valence-corrected chi connectivity index (χ1v) is 5.41. The van der Waals surface area contributed by atoms with Crippen LogP contribution in [0.25, 0.3) is 0 Å². The van der Waals surface area contributed by atoms with Crippen LogP contribution in [0.1, 0.15) is 56.1 Å². The van der Waals surface area contributed by atoms with Crippen LogP contribution in [0.2, 0.25) is 0 Å². The van der Waals surface area contributed by atoms with Gasteiger partial charge in [0.2, 0.25) is 0 Å². The Morgan fingerprint density at radius 1 is 1.50 bits per heavy atom. The molecule has 0 bridgehead atoms. The summed E-state index contributed by atoms with van der Waals surface area (Å²) in [5.74, 6) is 0. The minimum Gasteiger partial charge on any atom is -0.343 e. The van der Waals surface area contributed by atoms with Crippen molar-refractivity contribution in [2.45, 2.75) is 45.6 Å². The fourth-order valence-corrected chi connectivity index (χ4v) is 1.74. The fraction of sp³-hybridized carbons (Fsp3) is 0.583. The summed E-state index contributed by atoms with van der Waals surface area (Å²) in [6.07, 6.45) is 7.84. The number of hydrogen-bond acceptors (Lipinski definition) is 1. The minimum atomic E-state index is 0.441. The summed E-state index contributed by atoms with van der Waals surface area (Å²) in [5, 5.41) is 0. The lowest BCUT2D eigenvalue weighted by Crippen LogP contribution is -2.07. The summed E-state index contributed by atoms with van der Waals surface area (Å²) < 4.78 is 2.06. The van der Waals surface area contributed by atoms with Crippen LogP contribution in [0.5, 0.6) is 0 Å².